The molecule has 134 valence electrons. The van der Waals surface area contributed by atoms with Crippen LogP contribution in [0.4, 0.5) is 0 Å². The molecule has 0 aliphatic carbocycles. The molecule has 0 spiro atoms. The van der Waals surface area contributed by atoms with Crippen LogP contribution in [0.5, 0.6) is 5.75 Å². The van der Waals surface area contributed by atoms with Crippen molar-refractivity contribution in [3.63, 3.8) is 0 Å². The summed E-state index contributed by atoms with van der Waals surface area (Å²) in [5.41, 5.74) is 1.37. The van der Waals surface area contributed by atoms with Gasteiger partial charge < -0.3 is 15.0 Å². The number of benzene rings is 1. The van der Waals surface area contributed by atoms with Crippen molar-refractivity contribution in [2.75, 3.05) is 26.7 Å². The van der Waals surface area contributed by atoms with Crippen LogP contribution >= 0.6 is 12.4 Å². The Labute approximate surface area is 151 Å². The molecule has 1 N–H and O–H groups in total. The number of piperidine rings is 2. The lowest BCUT2D eigenvalue weighted by atomic mass is 9.89. The fourth-order valence-electron chi connectivity index (χ4n) is 3.74. The average molecular weight is 353 g/mol. The van der Waals surface area contributed by atoms with E-state index in [4.69, 9.17) is 4.74 Å². The topological polar surface area (TPSA) is 41.6 Å². The number of methoxy groups -OCH3 is 1. The van der Waals surface area contributed by atoms with Crippen molar-refractivity contribution in [2.45, 2.75) is 44.6 Å². The fourth-order valence-corrected chi connectivity index (χ4v) is 3.74. The van der Waals surface area contributed by atoms with Crippen LogP contribution in [0.3, 0.4) is 0 Å². The molecule has 3 rings (SSSR count). The van der Waals surface area contributed by atoms with Crippen molar-refractivity contribution in [2.24, 2.45) is 5.92 Å². The van der Waals surface area contributed by atoms with E-state index >= 15 is 0 Å². The van der Waals surface area contributed by atoms with E-state index in [2.05, 4.69) is 22.3 Å². The van der Waals surface area contributed by atoms with Gasteiger partial charge in [0.05, 0.1) is 13.2 Å². The standard InChI is InChI=1S/C19H28N2O2.ClH/c1-23-17-7-5-15(6-8-17)14-16-9-12-21(13-10-16)19(22)18-4-2-3-11-20-18;/h5-8,16,18,20H,2-4,9-14H2,1H3;1H. The number of ether oxygens (including phenoxy) is 1. The molecule has 2 aliphatic rings. The van der Waals surface area contributed by atoms with Crippen LogP contribution in [0, 0.1) is 5.92 Å². The number of nitrogens with zero attached hydrogens (tertiary/aromatic N) is 1. The third kappa shape index (κ3) is 4.87. The maximum absolute atomic E-state index is 12.5. The number of nitrogens with one attached hydrogen (secondary N) is 1. The molecule has 0 bridgehead atoms. The molecule has 0 aromatic heterocycles. The second-order valence-electron chi connectivity index (χ2n) is 6.82. The molecule has 1 aromatic rings. The predicted molar refractivity (Wildman–Crippen MR) is 98.9 cm³/mol. The normalized spacial score (nSPS) is 21.9. The Bertz CT molecular complexity index is 507. The van der Waals surface area contributed by atoms with E-state index in [1.807, 2.05) is 12.1 Å². The maximum Gasteiger partial charge on any atom is 0.239 e. The minimum atomic E-state index is 0. The Morgan fingerprint density at radius 3 is 2.46 bits per heavy atom. The molecule has 24 heavy (non-hydrogen) atoms. The highest BCUT2D eigenvalue weighted by molar-refractivity contribution is 5.85. The molecule has 0 saturated carbocycles. The second-order valence-corrected chi connectivity index (χ2v) is 6.82. The third-order valence-corrected chi connectivity index (χ3v) is 5.22. The first kappa shape index (κ1) is 19.1. The Morgan fingerprint density at radius 2 is 1.88 bits per heavy atom. The van der Waals surface area contributed by atoms with E-state index in [-0.39, 0.29) is 18.4 Å². The zero-order valence-corrected chi connectivity index (χ0v) is 15.3. The smallest absolute Gasteiger partial charge is 0.239 e. The van der Waals surface area contributed by atoms with Gasteiger partial charge in [0.25, 0.3) is 0 Å². The van der Waals surface area contributed by atoms with E-state index in [1.165, 1.54) is 18.4 Å². The van der Waals surface area contributed by atoms with Crippen LogP contribution in [-0.4, -0.2) is 43.6 Å². The Hall–Kier alpha value is -1.26. The van der Waals surface area contributed by atoms with Gasteiger partial charge in [-0.15, -0.1) is 12.4 Å². The van der Waals surface area contributed by atoms with E-state index < -0.39 is 0 Å². The summed E-state index contributed by atoms with van der Waals surface area (Å²) in [6.07, 6.45) is 6.72. The van der Waals surface area contributed by atoms with Crippen molar-refractivity contribution in [1.82, 2.24) is 10.2 Å². The largest absolute Gasteiger partial charge is 0.497 e. The summed E-state index contributed by atoms with van der Waals surface area (Å²) in [5, 5.41) is 3.37. The van der Waals surface area contributed by atoms with Crippen LogP contribution in [-0.2, 0) is 11.2 Å². The second kappa shape index (κ2) is 9.28. The predicted octanol–water partition coefficient (Wildman–Crippen LogP) is 3.04. The van der Waals surface area contributed by atoms with Gasteiger partial charge in [0.15, 0.2) is 0 Å². The van der Waals surface area contributed by atoms with Crippen LogP contribution < -0.4 is 10.1 Å². The SMILES string of the molecule is COc1ccc(CC2CCN(C(=O)C3CCCCN3)CC2)cc1.Cl. The van der Waals surface area contributed by atoms with E-state index in [1.54, 1.807) is 7.11 Å². The summed E-state index contributed by atoms with van der Waals surface area (Å²) >= 11 is 0. The number of likely N-dealkylation sites (tertiary alicyclic amines) is 1. The highest BCUT2D eigenvalue weighted by Crippen LogP contribution is 2.24. The number of hydrogen-bond donors (Lipinski definition) is 1. The van der Waals surface area contributed by atoms with Gasteiger partial charge in [-0.1, -0.05) is 18.6 Å². The molecule has 2 fully saturated rings. The molecule has 0 radical (unpaired) electrons. The number of rotatable bonds is 4. The summed E-state index contributed by atoms with van der Waals surface area (Å²) in [6, 6.07) is 8.44. The number of hydrogen-bond acceptors (Lipinski definition) is 3. The number of carbonyl (C=O) groups is 1. The van der Waals surface area contributed by atoms with E-state index in [0.717, 1.165) is 51.1 Å². The monoisotopic (exact) mass is 352 g/mol. The van der Waals surface area contributed by atoms with Crippen LogP contribution in [0.2, 0.25) is 0 Å². The molecular formula is C19H29ClN2O2. The van der Waals surface area contributed by atoms with Crippen LogP contribution in [0.1, 0.15) is 37.7 Å². The average Bonchev–Trinajstić information content (AvgIpc) is 2.63. The summed E-state index contributed by atoms with van der Waals surface area (Å²) in [4.78, 5) is 14.6. The molecule has 1 atom stereocenters. The van der Waals surface area contributed by atoms with Crippen molar-refractivity contribution < 1.29 is 9.53 Å². The Morgan fingerprint density at radius 1 is 1.17 bits per heavy atom. The molecule has 1 unspecified atom stereocenters. The maximum atomic E-state index is 12.5. The Kier molecular flexibility index (Phi) is 7.38. The highest BCUT2D eigenvalue weighted by atomic mass is 35.5. The summed E-state index contributed by atoms with van der Waals surface area (Å²) < 4.78 is 5.21. The molecule has 1 aromatic carbocycles. The van der Waals surface area contributed by atoms with Gasteiger partial charge in [-0.2, -0.15) is 0 Å². The lowest BCUT2D eigenvalue weighted by molar-refractivity contribution is -0.135. The zero-order valence-electron chi connectivity index (χ0n) is 14.5. The molecular weight excluding hydrogens is 324 g/mol. The van der Waals surface area contributed by atoms with Gasteiger partial charge >= 0.3 is 0 Å². The number of carbonyl (C=O) groups excluding carboxylic acids is 1. The molecule has 5 heteroatoms. The molecule has 4 nitrogen and oxygen atoms in total. The lowest BCUT2D eigenvalue weighted by Gasteiger charge is -2.35. The third-order valence-electron chi connectivity index (χ3n) is 5.22. The number of amides is 1. The molecule has 2 heterocycles. The van der Waals surface area contributed by atoms with Gasteiger partial charge in [-0.05, 0) is 62.3 Å². The molecule has 2 saturated heterocycles. The van der Waals surface area contributed by atoms with E-state index in [9.17, 15) is 4.79 Å². The minimum Gasteiger partial charge on any atom is -0.497 e. The molecule has 1 amide bonds. The lowest BCUT2D eigenvalue weighted by Crippen LogP contribution is -2.50. The van der Waals surface area contributed by atoms with Gasteiger partial charge in [-0.25, -0.2) is 0 Å². The van der Waals surface area contributed by atoms with E-state index in [0.29, 0.717) is 11.8 Å². The summed E-state index contributed by atoms with van der Waals surface area (Å²) in [7, 11) is 1.70. The zero-order chi connectivity index (χ0) is 16.1. The van der Waals surface area contributed by atoms with Gasteiger partial charge in [0.1, 0.15) is 5.75 Å². The van der Waals surface area contributed by atoms with Crippen molar-refractivity contribution in [3.8, 4) is 5.75 Å². The van der Waals surface area contributed by atoms with Crippen molar-refractivity contribution in [3.05, 3.63) is 29.8 Å². The Balaban J connectivity index is 0.00000208. The quantitative estimate of drug-likeness (QED) is 0.905. The first-order chi connectivity index (χ1) is 11.3. The fraction of sp³-hybridized carbons (Fsp3) is 0.632. The summed E-state index contributed by atoms with van der Waals surface area (Å²) in [6.45, 7) is 2.82. The van der Waals surface area contributed by atoms with Crippen LogP contribution in [0.25, 0.3) is 0 Å². The minimum absolute atomic E-state index is 0. The highest BCUT2D eigenvalue weighted by Gasteiger charge is 2.28. The van der Waals surface area contributed by atoms with Crippen molar-refractivity contribution >= 4 is 18.3 Å². The first-order valence-corrected chi connectivity index (χ1v) is 8.91. The van der Waals surface area contributed by atoms with Crippen LogP contribution in [0.15, 0.2) is 24.3 Å². The summed E-state index contributed by atoms with van der Waals surface area (Å²) in [5.74, 6) is 1.92. The van der Waals surface area contributed by atoms with Crippen molar-refractivity contribution in [1.29, 1.82) is 0 Å². The molecule has 2 aliphatic heterocycles. The van der Waals surface area contributed by atoms with Gasteiger partial charge in [0.2, 0.25) is 5.91 Å². The van der Waals surface area contributed by atoms with Gasteiger partial charge in [0, 0.05) is 13.1 Å². The number of halogens is 1. The first-order valence-electron chi connectivity index (χ1n) is 8.91. The van der Waals surface area contributed by atoms with Gasteiger partial charge in [-0.3, -0.25) is 4.79 Å².